The van der Waals surface area contributed by atoms with Gasteiger partial charge in [-0.15, -0.1) is 0 Å². The fourth-order valence-corrected chi connectivity index (χ4v) is 2.14. The number of fused-ring (bicyclic) bond motifs is 1. The lowest BCUT2D eigenvalue weighted by molar-refractivity contribution is 0.643. The molecule has 0 bridgehead atoms. The number of nitrogens with zero attached hydrogens (tertiary/aromatic N) is 4. The fraction of sp³-hybridized carbons (Fsp3) is 0.267. The van der Waals surface area contributed by atoms with Gasteiger partial charge >= 0.3 is 0 Å². The zero-order valence-electron chi connectivity index (χ0n) is 11.4. The van der Waals surface area contributed by atoms with Crippen molar-refractivity contribution >= 4 is 11.0 Å². The molecular formula is C15H17N5. The Morgan fingerprint density at radius 1 is 1.15 bits per heavy atom. The topological polar surface area (TPSA) is 69.6 Å². The Balaban J connectivity index is 1.91. The van der Waals surface area contributed by atoms with E-state index in [9.17, 15) is 0 Å². The molecule has 3 aromatic rings. The van der Waals surface area contributed by atoms with Crippen molar-refractivity contribution in [1.29, 1.82) is 0 Å². The molecule has 1 unspecified atom stereocenters. The quantitative estimate of drug-likeness (QED) is 0.786. The molecule has 0 saturated heterocycles. The highest BCUT2D eigenvalue weighted by Crippen LogP contribution is 2.15. The number of aromatic nitrogens is 4. The molecule has 0 spiro atoms. The Labute approximate surface area is 117 Å². The second-order valence-electron chi connectivity index (χ2n) is 4.87. The van der Waals surface area contributed by atoms with Gasteiger partial charge in [-0.3, -0.25) is 4.57 Å². The second-order valence-corrected chi connectivity index (χ2v) is 4.87. The van der Waals surface area contributed by atoms with Crippen LogP contribution in [-0.2, 0) is 6.42 Å². The molecule has 0 saturated carbocycles. The first-order chi connectivity index (χ1) is 9.78. The Bertz CT molecular complexity index is 702. The second kappa shape index (κ2) is 5.38. The van der Waals surface area contributed by atoms with Crippen molar-refractivity contribution < 1.29 is 0 Å². The van der Waals surface area contributed by atoms with Crippen LogP contribution in [0.25, 0.3) is 17.0 Å². The van der Waals surface area contributed by atoms with Crippen LogP contribution >= 0.6 is 0 Å². The van der Waals surface area contributed by atoms with E-state index in [0.29, 0.717) is 5.95 Å². The smallest absolute Gasteiger partial charge is 0.235 e. The molecule has 1 aromatic carbocycles. The monoisotopic (exact) mass is 267 g/mol. The van der Waals surface area contributed by atoms with Gasteiger partial charge in [-0.05, 0) is 30.5 Å². The highest BCUT2D eigenvalue weighted by atomic mass is 15.2. The van der Waals surface area contributed by atoms with Gasteiger partial charge in [-0.25, -0.2) is 15.0 Å². The van der Waals surface area contributed by atoms with Crippen molar-refractivity contribution in [3.63, 3.8) is 0 Å². The molecule has 5 heteroatoms. The Hall–Kier alpha value is -2.27. The SMILES string of the molecule is CCC(N)Cc1cnc(-n2cnc3ccccc32)nc1. The predicted octanol–water partition coefficient (Wildman–Crippen LogP) is 2.10. The third-order valence-electron chi connectivity index (χ3n) is 3.38. The molecule has 0 aliphatic heterocycles. The van der Waals surface area contributed by atoms with Crippen molar-refractivity contribution in [2.75, 3.05) is 0 Å². The Kier molecular flexibility index (Phi) is 3.43. The fourth-order valence-electron chi connectivity index (χ4n) is 2.14. The normalized spacial score (nSPS) is 12.7. The number of hydrogen-bond donors (Lipinski definition) is 1. The molecule has 0 aliphatic carbocycles. The molecule has 102 valence electrons. The lowest BCUT2D eigenvalue weighted by atomic mass is 10.1. The van der Waals surface area contributed by atoms with Gasteiger partial charge in [0.15, 0.2) is 0 Å². The van der Waals surface area contributed by atoms with Gasteiger partial charge in [0.05, 0.1) is 11.0 Å². The number of imidazole rings is 1. The van der Waals surface area contributed by atoms with E-state index in [2.05, 4.69) is 21.9 Å². The van der Waals surface area contributed by atoms with Crippen LogP contribution in [0.1, 0.15) is 18.9 Å². The van der Waals surface area contributed by atoms with E-state index in [4.69, 9.17) is 5.73 Å². The van der Waals surface area contributed by atoms with E-state index >= 15 is 0 Å². The molecule has 5 nitrogen and oxygen atoms in total. The largest absolute Gasteiger partial charge is 0.327 e. The van der Waals surface area contributed by atoms with Crippen molar-refractivity contribution in [3.8, 4) is 5.95 Å². The van der Waals surface area contributed by atoms with E-state index in [1.165, 1.54) is 0 Å². The van der Waals surface area contributed by atoms with Crippen LogP contribution in [0.2, 0.25) is 0 Å². The molecule has 0 fully saturated rings. The number of para-hydroxylation sites is 2. The van der Waals surface area contributed by atoms with Crippen molar-refractivity contribution in [3.05, 3.63) is 48.5 Å². The van der Waals surface area contributed by atoms with Crippen LogP contribution < -0.4 is 5.73 Å². The van der Waals surface area contributed by atoms with Crippen LogP contribution in [0, 0.1) is 0 Å². The maximum absolute atomic E-state index is 5.94. The van der Waals surface area contributed by atoms with Gasteiger partial charge < -0.3 is 5.73 Å². The number of hydrogen-bond acceptors (Lipinski definition) is 4. The summed E-state index contributed by atoms with van der Waals surface area (Å²) in [4.78, 5) is 13.2. The molecule has 3 rings (SSSR count). The zero-order chi connectivity index (χ0) is 13.9. The van der Waals surface area contributed by atoms with E-state index in [1.54, 1.807) is 6.33 Å². The molecule has 2 heterocycles. The first-order valence-corrected chi connectivity index (χ1v) is 6.77. The van der Waals surface area contributed by atoms with Crippen molar-refractivity contribution in [2.45, 2.75) is 25.8 Å². The van der Waals surface area contributed by atoms with Crippen LogP contribution in [0.15, 0.2) is 43.0 Å². The summed E-state index contributed by atoms with van der Waals surface area (Å²) < 4.78 is 1.89. The Morgan fingerprint density at radius 3 is 2.65 bits per heavy atom. The van der Waals surface area contributed by atoms with Crippen LogP contribution in [0.3, 0.4) is 0 Å². The average Bonchev–Trinajstić information content (AvgIpc) is 2.92. The van der Waals surface area contributed by atoms with Gasteiger partial charge in [-0.2, -0.15) is 0 Å². The Morgan fingerprint density at radius 2 is 1.90 bits per heavy atom. The zero-order valence-corrected chi connectivity index (χ0v) is 11.4. The summed E-state index contributed by atoms with van der Waals surface area (Å²) in [6.07, 6.45) is 7.19. The molecule has 2 N–H and O–H groups in total. The summed E-state index contributed by atoms with van der Waals surface area (Å²) in [7, 11) is 0. The summed E-state index contributed by atoms with van der Waals surface area (Å²) in [6, 6.07) is 8.09. The predicted molar refractivity (Wildman–Crippen MR) is 78.6 cm³/mol. The molecule has 0 radical (unpaired) electrons. The number of nitrogens with two attached hydrogens (primary N) is 1. The van der Waals surface area contributed by atoms with Crippen molar-refractivity contribution in [2.24, 2.45) is 5.73 Å². The summed E-state index contributed by atoms with van der Waals surface area (Å²) in [5.41, 5.74) is 8.95. The molecular weight excluding hydrogens is 250 g/mol. The summed E-state index contributed by atoms with van der Waals surface area (Å²) in [5, 5.41) is 0. The lowest BCUT2D eigenvalue weighted by Crippen LogP contribution is -2.21. The van der Waals surface area contributed by atoms with Gasteiger partial charge in [0, 0.05) is 18.4 Å². The highest BCUT2D eigenvalue weighted by Gasteiger charge is 2.07. The van der Waals surface area contributed by atoms with Gasteiger partial charge in [0.25, 0.3) is 0 Å². The molecule has 1 atom stereocenters. The first kappa shape index (κ1) is 12.7. The van der Waals surface area contributed by atoms with Gasteiger partial charge in [0.2, 0.25) is 5.95 Å². The first-order valence-electron chi connectivity index (χ1n) is 6.77. The summed E-state index contributed by atoms with van der Waals surface area (Å²) >= 11 is 0. The number of benzene rings is 1. The van der Waals surface area contributed by atoms with Gasteiger partial charge in [0.1, 0.15) is 6.33 Å². The van der Waals surface area contributed by atoms with Crippen molar-refractivity contribution in [1.82, 2.24) is 19.5 Å². The summed E-state index contributed by atoms with van der Waals surface area (Å²) in [6.45, 7) is 2.08. The van der Waals surface area contributed by atoms with E-state index < -0.39 is 0 Å². The van der Waals surface area contributed by atoms with Crippen LogP contribution in [0.4, 0.5) is 0 Å². The van der Waals surface area contributed by atoms with Crippen LogP contribution in [0.5, 0.6) is 0 Å². The van der Waals surface area contributed by atoms with E-state index in [0.717, 1.165) is 29.4 Å². The highest BCUT2D eigenvalue weighted by molar-refractivity contribution is 5.76. The van der Waals surface area contributed by atoms with E-state index in [1.807, 2.05) is 41.2 Å². The minimum Gasteiger partial charge on any atom is -0.327 e. The third-order valence-corrected chi connectivity index (χ3v) is 3.38. The van der Waals surface area contributed by atoms with E-state index in [-0.39, 0.29) is 6.04 Å². The molecule has 20 heavy (non-hydrogen) atoms. The molecule has 2 aromatic heterocycles. The third kappa shape index (κ3) is 2.40. The molecule has 0 aliphatic rings. The van der Waals surface area contributed by atoms with Gasteiger partial charge in [-0.1, -0.05) is 19.1 Å². The number of rotatable bonds is 4. The lowest BCUT2D eigenvalue weighted by Gasteiger charge is -2.08. The molecule has 0 amide bonds. The maximum atomic E-state index is 5.94. The summed E-state index contributed by atoms with van der Waals surface area (Å²) in [5.74, 6) is 0.632. The average molecular weight is 267 g/mol. The standard InChI is InChI=1S/C15H17N5/c1-2-12(16)7-11-8-17-15(18-9-11)20-10-19-13-5-3-4-6-14(13)20/h3-6,8-10,12H,2,7,16H2,1H3. The minimum absolute atomic E-state index is 0.165. The van der Waals surface area contributed by atoms with Crippen LogP contribution in [-0.4, -0.2) is 25.6 Å². The maximum Gasteiger partial charge on any atom is 0.235 e. The minimum atomic E-state index is 0.165.